The van der Waals surface area contributed by atoms with Crippen LogP contribution < -0.4 is 19.7 Å². The Morgan fingerprint density at radius 2 is 2.04 bits per heavy atom. The molecule has 1 fully saturated rings. The van der Waals surface area contributed by atoms with Crippen LogP contribution >= 0.6 is 0 Å². The van der Waals surface area contributed by atoms with Gasteiger partial charge in [0.25, 0.3) is 5.91 Å². The molecule has 7 nitrogen and oxygen atoms in total. The van der Waals surface area contributed by atoms with Crippen LogP contribution in [0.15, 0.2) is 36.5 Å². The van der Waals surface area contributed by atoms with Gasteiger partial charge in [-0.15, -0.1) is 0 Å². The first-order valence-corrected chi connectivity index (χ1v) is 7.92. The Morgan fingerprint density at radius 1 is 1.20 bits per heavy atom. The van der Waals surface area contributed by atoms with Gasteiger partial charge in [-0.25, -0.2) is 4.98 Å². The minimum absolute atomic E-state index is 0.0828. The smallest absolute Gasteiger partial charge is 0.257 e. The molecule has 2 amide bonds. The second-order valence-corrected chi connectivity index (χ2v) is 5.58. The lowest BCUT2D eigenvalue weighted by Crippen LogP contribution is -2.24. The van der Waals surface area contributed by atoms with Crippen molar-refractivity contribution in [3.63, 3.8) is 0 Å². The van der Waals surface area contributed by atoms with E-state index in [0.29, 0.717) is 41.5 Å². The first-order valence-electron chi connectivity index (χ1n) is 7.92. The van der Waals surface area contributed by atoms with Crippen LogP contribution in [0.1, 0.15) is 23.2 Å². The van der Waals surface area contributed by atoms with E-state index in [-0.39, 0.29) is 11.8 Å². The van der Waals surface area contributed by atoms with Gasteiger partial charge in [0.05, 0.1) is 25.5 Å². The molecule has 25 heavy (non-hydrogen) atoms. The van der Waals surface area contributed by atoms with Crippen LogP contribution in [-0.4, -0.2) is 37.6 Å². The first kappa shape index (κ1) is 16.8. The number of anilines is 2. The van der Waals surface area contributed by atoms with Gasteiger partial charge in [-0.05, 0) is 24.6 Å². The number of nitrogens with zero attached hydrogens (tertiary/aromatic N) is 2. The molecule has 1 aromatic carbocycles. The Balaban J connectivity index is 1.78. The maximum absolute atomic E-state index is 12.3. The number of nitrogens with one attached hydrogen (secondary N) is 1. The van der Waals surface area contributed by atoms with Gasteiger partial charge in [0.2, 0.25) is 11.8 Å². The van der Waals surface area contributed by atoms with Crippen molar-refractivity contribution in [2.45, 2.75) is 12.8 Å². The fourth-order valence-corrected chi connectivity index (χ4v) is 2.72. The number of pyridine rings is 1. The van der Waals surface area contributed by atoms with Crippen molar-refractivity contribution in [3.8, 4) is 11.6 Å². The standard InChI is InChI=1S/C18H19N3O4/c1-24-15-10-13(6-7-14(15)21-9-3-4-17(21)22)20-18(23)12-5-8-16(25-2)19-11-12/h5-8,10-11H,3-4,9H2,1-2H3,(H,20,23). The number of carbonyl (C=O) groups excluding carboxylic acids is 2. The molecular formula is C18H19N3O4. The summed E-state index contributed by atoms with van der Waals surface area (Å²) in [5, 5.41) is 2.80. The summed E-state index contributed by atoms with van der Waals surface area (Å²) in [5.41, 5.74) is 1.71. The summed E-state index contributed by atoms with van der Waals surface area (Å²) >= 11 is 0. The molecule has 1 saturated heterocycles. The Kier molecular flexibility index (Phi) is 4.83. The second kappa shape index (κ2) is 7.21. The third-order valence-electron chi connectivity index (χ3n) is 4.01. The molecule has 130 valence electrons. The molecule has 1 aliphatic rings. The largest absolute Gasteiger partial charge is 0.494 e. The van der Waals surface area contributed by atoms with Gasteiger partial charge < -0.3 is 19.7 Å². The van der Waals surface area contributed by atoms with Crippen LogP contribution in [-0.2, 0) is 4.79 Å². The number of ether oxygens (including phenoxy) is 2. The third kappa shape index (κ3) is 3.55. The molecule has 7 heteroatoms. The average molecular weight is 341 g/mol. The van der Waals surface area contributed by atoms with Crippen LogP contribution in [0.2, 0.25) is 0 Å². The molecule has 1 N–H and O–H groups in total. The van der Waals surface area contributed by atoms with Crippen molar-refractivity contribution in [2.75, 3.05) is 31.0 Å². The van der Waals surface area contributed by atoms with E-state index in [2.05, 4.69) is 10.3 Å². The average Bonchev–Trinajstić information content (AvgIpc) is 3.07. The van der Waals surface area contributed by atoms with Crippen molar-refractivity contribution in [3.05, 3.63) is 42.1 Å². The predicted octanol–water partition coefficient (Wildman–Crippen LogP) is 2.48. The Labute approximate surface area is 145 Å². The Morgan fingerprint density at radius 3 is 2.64 bits per heavy atom. The van der Waals surface area contributed by atoms with Crippen molar-refractivity contribution in [1.29, 1.82) is 0 Å². The SMILES string of the molecule is COc1ccc(C(=O)Nc2ccc(N3CCCC3=O)c(OC)c2)cn1. The van der Waals surface area contributed by atoms with Gasteiger partial charge in [0, 0.05) is 37.0 Å². The van der Waals surface area contributed by atoms with Crippen LogP contribution in [0.3, 0.4) is 0 Å². The van der Waals surface area contributed by atoms with Gasteiger partial charge in [-0.1, -0.05) is 0 Å². The quantitative estimate of drug-likeness (QED) is 0.904. The van der Waals surface area contributed by atoms with Gasteiger partial charge in [-0.2, -0.15) is 0 Å². The molecule has 1 aromatic heterocycles. The van der Waals surface area contributed by atoms with E-state index in [1.165, 1.54) is 13.3 Å². The lowest BCUT2D eigenvalue weighted by Gasteiger charge is -2.19. The number of methoxy groups -OCH3 is 2. The topological polar surface area (TPSA) is 80.8 Å². The van der Waals surface area contributed by atoms with Crippen LogP contribution in [0.5, 0.6) is 11.6 Å². The van der Waals surface area contributed by atoms with Gasteiger partial charge >= 0.3 is 0 Å². The number of aromatic nitrogens is 1. The van der Waals surface area contributed by atoms with Crippen LogP contribution in [0, 0.1) is 0 Å². The van der Waals surface area contributed by atoms with E-state index in [0.717, 1.165) is 6.42 Å². The molecule has 0 aliphatic carbocycles. The normalized spacial score (nSPS) is 13.7. The molecule has 0 atom stereocenters. The monoisotopic (exact) mass is 341 g/mol. The highest BCUT2D eigenvalue weighted by molar-refractivity contribution is 6.04. The molecular weight excluding hydrogens is 322 g/mol. The zero-order chi connectivity index (χ0) is 17.8. The lowest BCUT2D eigenvalue weighted by atomic mass is 10.2. The maximum Gasteiger partial charge on any atom is 0.257 e. The second-order valence-electron chi connectivity index (χ2n) is 5.58. The van der Waals surface area contributed by atoms with Gasteiger partial charge in [0.15, 0.2) is 0 Å². The Bertz CT molecular complexity index is 789. The van der Waals surface area contributed by atoms with Gasteiger partial charge in [-0.3, -0.25) is 9.59 Å². The number of hydrogen-bond acceptors (Lipinski definition) is 5. The molecule has 0 spiro atoms. The van der Waals surface area contributed by atoms with E-state index in [1.807, 2.05) is 0 Å². The minimum Gasteiger partial charge on any atom is -0.494 e. The molecule has 1 aliphatic heterocycles. The fraction of sp³-hybridized carbons (Fsp3) is 0.278. The van der Waals surface area contributed by atoms with Crippen molar-refractivity contribution in [2.24, 2.45) is 0 Å². The Hall–Kier alpha value is -3.09. The molecule has 0 radical (unpaired) electrons. The lowest BCUT2D eigenvalue weighted by molar-refractivity contribution is -0.117. The summed E-state index contributed by atoms with van der Waals surface area (Å²) in [7, 11) is 3.05. The number of amides is 2. The molecule has 2 heterocycles. The fourth-order valence-electron chi connectivity index (χ4n) is 2.72. The number of carbonyl (C=O) groups is 2. The van der Waals surface area contributed by atoms with E-state index in [4.69, 9.17) is 9.47 Å². The summed E-state index contributed by atoms with van der Waals surface area (Å²) in [6.07, 6.45) is 2.83. The van der Waals surface area contributed by atoms with Crippen molar-refractivity contribution >= 4 is 23.2 Å². The van der Waals surface area contributed by atoms with E-state index < -0.39 is 0 Å². The zero-order valence-electron chi connectivity index (χ0n) is 14.1. The summed E-state index contributed by atoms with van der Waals surface area (Å²) in [4.78, 5) is 30.0. The predicted molar refractivity (Wildman–Crippen MR) is 93.3 cm³/mol. The zero-order valence-corrected chi connectivity index (χ0v) is 14.1. The number of hydrogen-bond donors (Lipinski definition) is 1. The summed E-state index contributed by atoms with van der Waals surface area (Å²) in [5.74, 6) is 0.778. The van der Waals surface area contributed by atoms with Crippen LogP contribution in [0.4, 0.5) is 11.4 Å². The molecule has 0 unspecified atom stereocenters. The molecule has 3 rings (SSSR count). The van der Waals surface area contributed by atoms with Crippen molar-refractivity contribution < 1.29 is 19.1 Å². The minimum atomic E-state index is -0.290. The van der Waals surface area contributed by atoms with Crippen molar-refractivity contribution in [1.82, 2.24) is 4.98 Å². The third-order valence-corrected chi connectivity index (χ3v) is 4.01. The highest BCUT2D eigenvalue weighted by atomic mass is 16.5. The molecule has 0 saturated carbocycles. The first-order chi connectivity index (χ1) is 12.1. The van der Waals surface area contributed by atoms with E-state index in [9.17, 15) is 9.59 Å². The summed E-state index contributed by atoms with van der Waals surface area (Å²) < 4.78 is 10.4. The summed E-state index contributed by atoms with van der Waals surface area (Å²) in [6.45, 7) is 0.679. The van der Waals surface area contributed by atoms with E-state index in [1.54, 1.807) is 42.3 Å². The van der Waals surface area contributed by atoms with E-state index >= 15 is 0 Å². The molecule has 2 aromatic rings. The maximum atomic E-state index is 12.3. The highest BCUT2D eigenvalue weighted by Gasteiger charge is 2.24. The molecule has 0 bridgehead atoms. The van der Waals surface area contributed by atoms with Crippen LogP contribution in [0.25, 0.3) is 0 Å². The summed E-state index contributed by atoms with van der Waals surface area (Å²) in [6, 6.07) is 8.49. The van der Waals surface area contributed by atoms with Gasteiger partial charge in [0.1, 0.15) is 5.75 Å². The number of rotatable bonds is 5. The number of benzene rings is 1. The highest BCUT2D eigenvalue weighted by Crippen LogP contribution is 2.33.